The molecule has 1 amide bonds. The minimum Gasteiger partial charge on any atom is -0.494 e. The maximum Gasteiger partial charge on any atom is 0.257 e. The first kappa shape index (κ1) is 18.9. The van der Waals surface area contributed by atoms with Gasteiger partial charge in [-0.3, -0.25) is 9.89 Å². The number of amides is 1. The van der Waals surface area contributed by atoms with E-state index in [1.54, 1.807) is 0 Å². The molecule has 5 rings (SSSR count). The molecule has 156 valence electrons. The van der Waals surface area contributed by atoms with Crippen LogP contribution in [0.2, 0.25) is 0 Å². The summed E-state index contributed by atoms with van der Waals surface area (Å²) in [6.07, 6.45) is 3.95. The Kier molecular flexibility index (Phi) is 5.27. The van der Waals surface area contributed by atoms with Crippen LogP contribution in [0.1, 0.15) is 37.4 Å². The van der Waals surface area contributed by atoms with Gasteiger partial charge in [-0.25, -0.2) is 0 Å². The number of nitrogens with zero attached hydrogens (tertiary/aromatic N) is 1. The van der Waals surface area contributed by atoms with Gasteiger partial charge in [-0.15, -0.1) is 0 Å². The largest absolute Gasteiger partial charge is 0.494 e. The van der Waals surface area contributed by atoms with E-state index < -0.39 is 0 Å². The van der Waals surface area contributed by atoms with E-state index in [0.29, 0.717) is 18.9 Å². The number of carbonyl (C=O) groups is 1. The van der Waals surface area contributed by atoms with Crippen LogP contribution in [0.15, 0.2) is 36.4 Å². The summed E-state index contributed by atoms with van der Waals surface area (Å²) in [5, 5.41) is 11.5. The van der Waals surface area contributed by atoms with Crippen LogP contribution in [0.3, 0.4) is 0 Å². The van der Waals surface area contributed by atoms with Crippen molar-refractivity contribution >= 4 is 16.8 Å². The third-order valence-electron chi connectivity index (χ3n) is 5.57. The van der Waals surface area contributed by atoms with E-state index in [9.17, 15) is 4.79 Å². The fraction of sp³-hybridized carbons (Fsp3) is 0.391. The molecule has 0 radical (unpaired) electrons. The second-order valence-electron chi connectivity index (χ2n) is 7.77. The van der Waals surface area contributed by atoms with Crippen LogP contribution in [0.5, 0.6) is 11.5 Å². The normalized spacial score (nSPS) is 20.0. The number of rotatable bonds is 1. The fourth-order valence-electron chi connectivity index (χ4n) is 4.02. The Morgan fingerprint density at radius 1 is 0.967 bits per heavy atom. The lowest BCUT2D eigenvalue weighted by Crippen LogP contribution is -2.30. The van der Waals surface area contributed by atoms with Gasteiger partial charge in [0.05, 0.1) is 18.2 Å². The minimum atomic E-state index is -0.145. The van der Waals surface area contributed by atoms with Crippen molar-refractivity contribution in [1.82, 2.24) is 15.5 Å². The van der Waals surface area contributed by atoms with E-state index >= 15 is 0 Å². The van der Waals surface area contributed by atoms with Crippen LogP contribution < -0.4 is 14.8 Å². The molecule has 0 spiro atoms. The molecule has 1 fully saturated rings. The molecule has 3 heterocycles. The summed E-state index contributed by atoms with van der Waals surface area (Å²) in [6.45, 7) is 1.80. The van der Waals surface area contributed by atoms with Crippen LogP contribution >= 0.6 is 0 Å². The highest BCUT2D eigenvalue weighted by atomic mass is 16.5. The summed E-state index contributed by atoms with van der Waals surface area (Å²) in [5.41, 5.74) is 3.75. The standard InChI is InChI=1S/C23H25N3O4/c27-22-14-30-18-11-15(21-4-1-2-8-29-21)10-16(12-18)23-19-13-17(28-9-3-7-24-22)5-6-20(19)25-26-23/h5-6,10-13,21H,1-4,7-9,14H2,(H,24,27)(H,25,26). The highest BCUT2D eigenvalue weighted by molar-refractivity contribution is 5.94. The molecule has 0 saturated carbocycles. The van der Waals surface area contributed by atoms with E-state index in [0.717, 1.165) is 65.8 Å². The number of aromatic nitrogens is 2. The molecule has 2 aliphatic heterocycles. The van der Waals surface area contributed by atoms with Gasteiger partial charge in [0.1, 0.15) is 17.2 Å². The van der Waals surface area contributed by atoms with Crippen molar-refractivity contribution in [3.8, 4) is 22.8 Å². The summed E-state index contributed by atoms with van der Waals surface area (Å²) >= 11 is 0. The van der Waals surface area contributed by atoms with Crippen molar-refractivity contribution in [3.05, 3.63) is 42.0 Å². The van der Waals surface area contributed by atoms with Gasteiger partial charge in [0.2, 0.25) is 0 Å². The Morgan fingerprint density at radius 3 is 2.83 bits per heavy atom. The first-order valence-corrected chi connectivity index (χ1v) is 10.5. The first-order chi connectivity index (χ1) is 14.8. The summed E-state index contributed by atoms with van der Waals surface area (Å²) in [5.74, 6) is 1.29. The van der Waals surface area contributed by atoms with Gasteiger partial charge in [0.25, 0.3) is 5.91 Å². The summed E-state index contributed by atoms with van der Waals surface area (Å²) < 4.78 is 17.7. The topological polar surface area (TPSA) is 85.5 Å². The molecule has 1 unspecified atom stereocenters. The first-order valence-electron chi connectivity index (χ1n) is 10.5. The van der Waals surface area contributed by atoms with Crippen molar-refractivity contribution in [1.29, 1.82) is 0 Å². The molecule has 2 aromatic carbocycles. The average molecular weight is 407 g/mol. The monoisotopic (exact) mass is 407 g/mol. The van der Waals surface area contributed by atoms with Crippen LogP contribution in [0.4, 0.5) is 0 Å². The molecule has 1 atom stereocenters. The molecule has 1 saturated heterocycles. The van der Waals surface area contributed by atoms with Crippen LogP contribution in [0, 0.1) is 0 Å². The molecule has 2 N–H and O–H groups in total. The lowest BCUT2D eigenvalue weighted by atomic mass is 9.97. The number of H-pyrrole nitrogens is 1. The molecule has 1 aromatic heterocycles. The Bertz CT molecular complexity index is 1060. The zero-order valence-electron chi connectivity index (χ0n) is 16.8. The molecule has 3 aromatic rings. The Morgan fingerprint density at radius 2 is 1.93 bits per heavy atom. The molecule has 7 heteroatoms. The zero-order valence-corrected chi connectivity index (χ0v) is 16.8. The van der Waals surface area contributed by atoms with Gasteiger partial charge in [-0.2, -0.15) is 5.10 Å². The SMILES string of the molecule is O=C1COc2cc(cc(C3CCCCO3)c2)-c2n[nH]c3ccc(cc23)OCCCN1. The smallest absolute Gasteiger partial charge is 0.257 e. The van der Waals surface area contributed by atoms with E-state index in [1.165, 1.54) is 0 Å². The highest BCUT2D eigenvalue weighted by Crippen LogP contribution is 2.36. The predicted octanol–water partition coefficient (Wildman–Crippen LogP) is 3.75. The van der Waals surface area contributed by atoms with Crippen LogP contribution in [-0.2, 0) is 9.53 Å². The zero-order chi connectivity index (χ0) is 20.3. The number of hydrogen-bond acceptors (Lipinski definition) is 5. The maximum absolute atomic E-state index is 12.1. The summed E-state index contributed by atoms with van der Waals surface area (Å²) in [7, 11) is 0. The molecule has 7 nitrogen and oxygen atoms in total. The van der Waals surface area contributed by atoms with Crippen molar-refractivity contribution in [2.24, 2.45) is 0 Å². The summed E-state index contributed by atoms with van der Waals surface area (Å²) in [6, 6.07) is 12.0. The quantitative estimate of drug-likeness (QED) is 0.642. The number of carbonyl (C=O) groups excluding carboxylic acids is 1. The van der Waals surface area contributed by atoms with Gasteiger partial charge in [-0.05, 0) is 67.6 Å². The van der Waals surface area contributed by atoms with Crippen LogP contribution in [-0.4, -0.2) is 42.5 Å². The Labute approximate surface area is 174 Å². The molecule has 2 aliphatic rings. The fourth-order valence-corrected chi connectivity index (χ4v) is 4.02. The van der Waals surface area contributed by atoms with Crippen LogP contribution in [0.25, 0.3) is 22.2 Å². The highest BCUT2D eigenvalue weighted by Gasteiger charge is 2.20. The van der Waals surface area contributed by atoms with Crippen molar-refractivity contribution in [3.63, 3.8) is 0 Å². The van der Waals surface area contributed by atoms with E-state index in [4.69, 9.17) is 14.2 Å². The molecular weight excluding hydrogens is 382 g/mol. The summed E-state index contributed by atoms with van der Waals surface area (Å²) in [4.78, 5) is 12.1. The minimum absolute atomic E-state index is 0.0288. The van der Waals surface area contributed by atoms with E-state index in [-0.39, 0.29) is 18.6 Å². The van der Waals surface area contributed by atoms with E-state index in [2.05, 4.69) is 21.6 Å². The van der Waals surface area contributed by atoms with Gasteiger partial charge in [0, 0.05) is 24.1 Å². The third-order valence-corrected chi connectivity index (χ3v) is 5.57. The number of ether oxygens (including phenoxy) is 3. The number of fused-ring (bicyclic) bond motifs is 4. The van der Waals surface area contributed by atoms with Gasteiger partial charge in [-0.1, -0.05) is 0 Å². The molecule has 4 bridgehead atoms. The number of aromatic amines is 1. The molecule has 30 heavy (non-hydrogen) atoms. The molecule has 0 aliphatic carbocycles. The number of hydrogen-bond donors (Lipinski definition) is 2. The maximum atomic E-state index is 12.1. The number of benzene rings is 2. The Balaban J connectivity index is 1.60. The van der Waals surface area contributed by atoms with Gasteiger partial charge >= 0.3 is 0 Å². The third kappa shape index (κ3) is 3.98. The van der Waals surface area contributed by atoms with Gasteiger partial charge < -0.3 is 19.5 Å². The Hall–Kier alpha value is -3.06. The molecular formula is C23H25N3O4. The predicted molar refractivity (Wildman–Crippen MR) is 113 cm³/mol. The second-order valence-corrected chi connectivity index (χ2v) is 7.77. The van der Waals surface area contributed by atoms with E-state index in [1.807, 2.05) is 30.3 Å². The lowest BCUT2D eigenvalue weighted by molar-refractivity contribution is -0.123. The van der Waals surface area contributed by atoms with Crippen molar-refractivity contribution in [2.75, 3.05) is 26.4 Å². The average Bonchev–Trinajstić information content (AvgIpc) is 3.21. The van der Waals surface area contributed by atoms with Gasteiger partial charge in [0.15, 0.2) is 6.61 Å². The second kappa shape index (κ2) is 8.36. The van der Waals surface area contributed by atoms with Crippen molar-refractivity contribution in [2.45, 2.75) is 31.8 Å². The van der Waals surface area contributed by atoms with Crippen molar-refractivity contribution < 1.29 is 19.0 Å². The number of nitrogens with one attached hydrogen (secondary N) is 2. The lowest BCUT2D eigenvalue weighted by Gasteiger charge is -2.24.